The van der Waals surface area contributed by atoms with Crippen molar-refractivity contribution in [3.63, 3.8) is 0 Å². The SMILES string of the molecule is CC(C)(C)OC(=O)N1CCC(F)(c2ccc(C#N)cc2)CC1. The number of amides is 1. The lowest BCUT2D eigenvalue weighted by Gasteiger charge is -2.37. The van der Waals surface area contributed by atoms with Gasteiger partial charge in [0, 0.05) is 25.9 Å². The maximum absolute atomic E-state index is 15.1. The van der Waals surface area contributed by atoms with E-state index >= 15 is 4.39 Å². The average molecular weight is 304 g/mol. The minimum absolute atomic E-state index is 0.234. The molecule has 1 heterocycles. The highest BCUT2D eigenvalue weighted by molar-refractivity contribution is 5.68. The number of likely N-dealkylation sites (tertiary alicyclic amines) is 1. The molecule has 5 heteroatoms. The third-order valence-corrected chi connectivity index (χ3v) is 3.74. The summed E-state index contributed by atoms with van der Waals surface area (Å²) in [4.78, 5) is 13.5. The molecule has 0 aromatic heterocycles. The van der Waals surface area contributed by atoms with Crippen molar-refractivity contribution in [1.29, 1.82) is 5.26 Å². The number of nitrogens with zero attached hydrogens (tertiary/aromatic N) is 2. The molecule has 1 aromatic rings. The van der Waals surface area contributed by atoms with Crippen LogP contribution in [0.2, 0.25) is 0 Å². The van der Waals surface area contributed by atoms with Gasteiger partial charge in [-0.05, 0) is 38.5 Å². The molecule has 0 aliphatic carbocycles. The van der Waals surface area contributed by atoms with Crippen LogP contribution < -0.4 is 0 Å². The summed E-state index contributed by atoms with van der Waals surface area (Å²) < 4.78 is 20.4. The average Bonchev–Trinajstić information content (AvgIpc) is 2.46. The van der Waals surface area contributed by atoms with Crippen LogP contribution in [0.3, 0.4) is 0 Å². The fourth-order valence-electron chi connectivity index (χ4n) is 2.50. The summed E-state index contributed by atoms with van der Waals surface area (Å²) in [5.74, 6) is 0. The van der Waals surface area contributed by atoms with E-state index in [2.05, 4.69) is 0 Å². The smallest absolute Gasteiger partial charge is 0.410 e. The number of rotatable bonds is 1. The van der Waals surface area contributed by atoms with Gasteiger partial charge < -0.3 is 9.64 Å². The molecule has 22 heavy (non-hydrogen) atoms. The molecule has 0 spiro atoms. The van der Waals surface area contributed by atoms with E-state index in [4.69, 9.17) is 10.00 Å². The van der Waals surface area contributed by atoms with Crippen molar-refractivity contribution in [3.8, 4) is 6.07 Å². The Morgan fingerprint density at radius 3 is 2.27 bits per heavy atom. The first-order valence-electron chi connectivity index (χ1n) is 7.41. The highest BCUT2D eigenvalue weighted by Gasteiger charge is 2.38. The van der Waals surface area contributed by atoms with E-state index in [1.807, 2.05) is 26.8 Å². The first-order valence-corrected chi connectivity index (χ1v) is 7.41. The Morgan fingerprint density at radius 1 is 1.27 bits per heavy atom. The Morgan fingerprint density at radius 2 is 1.82 bits per heavy atom. The largest absolute Gasteiger partial charge is 0.444 e. The molecule has 2 rings (SSSR count). The summed E-state index contributed by atoms with van der Waals surface area (Å²) in [6.07, 6.45) is 0.0744. The van der Waals surface area contributed by atoms with E-state index in [-0.39, 0.29) is 12.8 Å². The molecule has 1 fully saturated rings. The van der Waals surface area contributed by atoms with Gasteiger partial charge >= 0.3 is 6.09 Å². The van der Waals surface area contributed by atoms with Gasteiger partial charge in [0.2, 0.25) is 0 Å². The number of hydrogen-bond donors (Lipinski definition) is 0. The number of carbonyl (C=O) groups excluding carboxylic acids is 1. The molecule has 118 valence electrons. The Hall–Kier alpha value is -2.09. The molecule has 4 nitrogen and oxygen atoms in total. The monoisotopic (exact) mass is 304 g/mol. The Labute approximate surface area is 130 Å². The maximum Gasteiger partial charge on any atom is 0.410 e. The molecule has 1 aliphatic rings. The summed E-state index contributed by atoms with van der Waals surface area (Å²) >= 11 is 0. The number of nitriles is 1. The third kappa shape index (κ3) is 3.76. The minimum Gasteiger partial charge on any atom is -0.444 e. The van der Waals surface area contributed by atoms with Crippen LogP contribution in [0, 0.1) is 11.3 Å². The summed E-state index contributed by atoms with van der Waals surface area (Å²) in [6.45, 7) is 6.08. The fourth-order valence-corrected chi connectivity index (χ4v) is 2.50. The zero-order valence-corrected chi connectivity index (χ0v) is 13.2. The van der Waals surface area contributed by atoms with Crippen molar-refractivity contribution >= 4 is 6.09 Å². The highest BCUT2D eigenvalue weighted by atomic mass is 19.1. The van der Waals surface area contributed by atoms with Gasteiger partial charge in [-0.15, -0.1) is 0 Å². The molecule has 0 unspecified atom stereocenters. The molecule has 0 N–H and O–H groups in total. The van der Waals surface area contributed by atoms with Gasteiger partial charge in [-0.2, -0.15) is 5.26 Å². The molecule has 1 aliphatic heterocycles. The maximum atomic E-state index is 15.1. The van der Waals surface area contributed by atoms with Crippen LogP contribution in [-0.4, -0.2) is 29.7 Å². The van der Waals surface area contributed by atoms with Crippen molar-refractivity contribution in [3.05, 3.63) is 35.4 Å². The van der Waals surface area contributed by atoms with Crippen LogP contribution in [-0.2, 0) is 10.4 Å². The number of ether oxygens (including phenoxy) is 1. The summed E-state index contributed by atoms with van der Waals surface area (Å²) in [7, 11) is 0. The second-order valence-corrected chi connectivity index (χ2v) is 6.62. The first kappa shape index (κ1) is 16.3. The molecular weight excluding hydrogens is 283 g/mol. The first-order chi connectivity index (χ1) is 10.2. The topological polar surface area (TPSA) is 53.3 Å². The van der Waals surface area contributed by atoms with Crippen LogP contribution in [0.25, 0.3) is 0 Å². The van der Waals surface area contributed by atoms with E-state index in [0.29, 0.717) is 24.2 Å². The molecule has 0 bridgehead atoms. The predicted molar refractivity (Wildman–Crippen MR) is 81.0 cm³/mol. The summed E-state index contributed by atoms with van der Waals surface area (Å²) in [6, 6.07) is 8.57. The zero-order chi connectivity index (χ0) is 16.4. The lowest BCUT2D eigenvalue weighted by molar-refractivity contribution is 0.00220. The molecular formula is C17H21FN2O2. The predicted octanol–water partition coefficient (Wildman–Crippen LogP) is 3.75. The lowest BCUT2D eigenvalue weighted by atomic mass is 9.86. The van der Waals surface area contributed by atoms with Crippen LogP contribution in [0.15, 0.2) is 24.3 Å². The number of benzene rings is 1. The fraction of sp³-hybridized carbons (Fsp3) is 0.529. The van der Waals surface area contributed by atoms with E-state index in [1.54, 1.807) is 29.2 Å². The van der Waals surface area contributed by atoms with Gasteiger partial charge in [-0.25, -0.2) is 9.18 Å². The van der Waals surface area contributed by atoms with E-state index in [0.717, 1.165) is 0 Å². The molecule has 1 saturated heterocycles. The Balaban J connectivity index is 2.01. The third-order valence-electron chi connectivity index (χ3n) is 3.74. The zero-order valence-electron chi connectivity index (χ0n) is 13.2. The number of piperidine rings is 1. The van der Waals surface area contributed by atoms with Gasteiger partial charge in [0.15, 0.2) is 0 Å². The highest BCUT2D eigenvalue weighted by Crippen LogP contribution is 2.37. The normalized spacial score (nSPS) is 17.7. The molecule has 0 saturated carbocycles. The van der Waals surface area contributed by atoms with Gasteiger partial charge in [-0.3, -0.25) is 0 Å². The van der Waals surface area contributed by atoms with Crippen LogP contribution in [0.4, 0.5) is 9.18 Å². The Kier molecular flexibility index (Phi) is 4.41. The van der Waals surface area contributed by atoms with Crippen LogP contribution in [0.5, 0.6) is 0 Å². The van der Waals surface area contributed by atoms with Gasteiger partial charge in [0.05, 0.1) is 11.6 Å². The number of halogens is 1. The van der Waals surface area contributed by atoms with E-state index < -0.39 is 17.4 Å². The number of alkyl halides is 1. The minimum atomic E-state index is -1.45. The van der Waals surface area contributed by atoms with Gasteiger partial charge in [0.1, 0.15) is 11.3 Å². The summed E-state index contributed by atoms with van der Waals surface area (Å²) in [5.41, 5.74) is -0.921. The van der Waals surface area contributed by atoms with Gasteiger partial charge in [0.25, 0.3) is 0 Å². The number of carbonyl (C=O) groups is 1. The Bertz CT molecular complexity index is 576. The summed E-state index contributed by atoms with van der Waals surface area (Å²) in [5, 5.41) is 8.79. The van der Waals surface area contributed by atoms with E-state index in [9.17, 15) is 4.79 Å². The lowest BCUT2D eigenvalue weighted by Crippen LogP contribution is -2.45. The molecule has 0 atom stereocenters. The van der Waals surface area contributed by atoms with Crippen molar-refractivity contribution in [2.75, 3.05) is 13.1 Å². The van der Waals surface area contributed by atoms with Crippen molar-refractivity contribution in [2.24, 2.45) is 0 Å². The second kappa shape index (κ2) is 5.96. The molecule has 0 radical (unpaired) electrons. The second-order valence-electron chi connectivity index (χ2n) is 6.62. The van der Waals surface area contributed by atoms with Crippen molar-refractivity contribution in [1.82, 2.24) is 4.90 Å². The van der Waals surface area contributed by atoms with Crippen LogP contribution >= 0.6 is 0 Å². The molecule has 1 amide bonds. The van der Waals surface area contributed by atoms with E-state index in [1.165, 1.54) is 0 Å². The van der Waals surface area contributed by atoms with Crippen molar-refractivity contribution < 1.29 is 13.9 Å². The number of hydrogen-bond acceptors (Lipinski definition) is 3. The van der Waals surface area contributed by atoms with Gasteiger partial charge in [-0.1, -0.05) is 12.1 Å². The quantitative estimate of drug-likeness (QED) is 0.794. The standard InChI is InChI=1S/C17H21FN2O2/c1-16(2,3)22-15(21)20-10-8-17(18,9-11-20)14-6-4-13(12-19)5-7-14/h4-7H,8-11H2,1-3H3. The van der Waals surface area contributed by atoms with Crippen molar-refractivity contribution in [2.45, 2.75) is 44.9 Å². The van der Waals surface area contributed by atoms with Crippen LogP contribution in [0.1, 0.15) is 44.7 Å². The molecule has 1 aromatic carbocycles.